The molecular formula is C25H31BF3N3O5. The van der Waals surface area contributed by atoms with Crippen molar-refractivity contribution in [1.82, 2.24) is 9.88 Å². The van der Waals surface area contributed by atoms with Gasteiger partial charge in [0.2, 0.25) is 5.88 Å². The molecule has 0 atom stereocenters. The Hall–Kier alpha value is -2.83. The number of nitrogens with zero attached hydrogens (tertiary/aromatic N) is 2. The first-order valence-corrected chi connectivity index (χ1v) is 12.1. The first-order valence-electron chi connectivity index (χ1n) is 12.1. The van der Waals surface area contributed by atoms with E-state index in [4.69, 9.17) is 19.8 Å². The standard InChI is InChI=1S/C25H31BF3N3O5/c1-23(2)24(3,4)37-26(36-23)17-13-20(21(30)33)22(31-14-17)34-18-9-11-32(12-10-18)15-16-5-7-19(8-6-16)35-25(27,28)29/h5-8,13-14,18H,9-12,15H2,1-4H3,(H2,30,33). The van der Waals surface area contributed by atoms with Crippen molar-refractivity contribution < 1.29 is 36.7 Å². The second-order valence-corrected chi connectivity index (χ2v) is 10.4. The van der Waals surface area contributed by atoms with Gasteiger partial charge in [0.15, 0.2) is 0 Å². The minimum absolute atomic E-state index is 0.160. The van der Waals surface area contributed by atoms with Crippen LogP contribution in [0, 0.1) is 0 Å². The topological polar surface area (TPSA) is 96.1 Å². The van der Waals surface area contributed by atoms with Crippen molar-refractivity contribution in [3.05, 3.63) is 47.7 Å². The lowest BCUT2D eigenvalue weighted by molar-refractivity contribution is -0.274. The number of likely N-dealkylation sites (tertiary alicyclic amines) is 1. The van der Waals surface area contributed by atoms with Gasteiger partial charge < -0.3 is 24.5 Å². The maximum absolute atomic E-state index is 12.3. The summed E-state index contributed by atoms with van der Waals surface area (Å²) in [4.78, 5) is 18.7. The van der Waals surface area contributed by atoms with Crippen LogP contribution in [0.15, 0.2) is 36.5 Å². The Morgan fingerprint density at radius 1 is 1.14 bits per heavy atom. The lowest BCUT2D eigenvalue weighted by atomic mass is 9.79. The van der Waals surface area contributed by atoms with Crippen LogP contribution in [0.5, 0.6) is 11.6 Å². The van der Waals surface area contributed by atoms with Gasteiger partial charge in [-0.05, 0) is 64.3 Å². The Morgan fingerprint density at radius 3 is 2.27 bits per heavy atom. The van der Waals surface area contributed by atoms with Crippen molar-refractivity contribution >= 4 is 18.5 Å². The molecule has 2 fully saturated rings. The second-order valence-electron chi connectivity index (χ2n) is 10.4. The van der Waals surface area contributed by atoms with E-state index in [1.807, 2.05) is 27.7 Å². The number of rotatable bonds is 7. The Balaban J connectivity index is 1.34. The molecule has 1 amide bonds. The molecule has 2 aromatic rings. The molecule has 0 aliphatic carbocycles. The normalized spacial score (nSPS) is 20.1. The van der Waals surface area contributed by atoms with Gasteiger partial charge in [0.1, 0.15) is 17.4 Å². The minimum Gasteiger partial charge on any atom is -0.474 e. The first-order chi connectivity index (χ1) is 17.2. The summed E-state index contributed by atoms with van der Waals surface area (Å²) in [5, 5.41) is 0. The molecule has 3 heterocycles. The van der Waals surface area contributed by atoms with Gasteiger partial charge in [-0.3, -0.25) is 9.69 Å². The molecule has 1 aromatic carbocycles. The molecule has 2 N–H and O–H groups in total. The van der Waals surface area contributed by atoms with Gasteiger partial charge >= 0.3 is 13.5 Å². The summed E-state index contributed by atoms with van der Waals surface area (Å²) in [5.74, 6) is -0.728. The number of aromatic nitrogens is 1. The molecule has 2 saturated heterocycles. The van der Waals surface area contributed by atoms with Crippen LogP contribution in [-0.2, 0) is 15.9 Å². The molecule has 1 aromatic heterocycles. The molecule has 8 nitrogen and oxygen atoms in total. The monoisotopic (exact) mass is 521 g/mol. The van der Waals surface area contributed by atoms with E-state index in [1.165, 1.54) is 12.1 Å². The highest BCUT2D eigenvalue weighted by atomic mass is 19.4. The fraction of sp³-hybridized carbons (Fsp3) is 0.520. The number of pyridine rings is 1. The number of alkyl halides is 3. The number of carbonyl (C=O) groups excluding carboxylic acids is 1. The molecule has 2 aliphatic rings. The molecule has 12 heteroatoms. The Bertz CT molecular complexity index is 1100. The molecule has 0 bridgehead atoms. The van der Waals surface area contributed by atoms with Crippen LogP contribution in [0.4, 0.5) is 13.2 Å². The van der Waals surface area contributed by atoms with E-state index >= 15 is 0 Å². The summed E-state index contributed by atoms with van der Waals surface area (Å²) in [6, 6.07) is 7.46. The van der Waals surface area contributed by atoms with Gasteiger partial charge in [0, 0.05) is 31.3 Å². The zero-order chi connectivity index (χ0) is 27.0. The quantitative estimate of drug-likeness (QED) is 0.558. The first kappa shape index (κ1) is 27.2. The highest BCUT2D eigenvalue weighted by molar-refractivity contribution is 6.62. The van der Waals surface area contributed by atoms with Crippen LogP contribution in [0.2, 0.25) is 0 Å². The van der Waals surface area contributed by atoms with E-state index in [1.54, 1.807) is 24.4 Å². The van der Waals surface area contributed by atoms with Crippen molar-refractivity contribution in [1.29, 1.82) is 0 Å². The number of ether oxygens (including phenoxy) is 2. The Labute approximate surface area is 214 Å². The molecule has 4 rings (SSSR count). The van der Waals surface area contributed by atoms with E-state index in [0.717, 1.165) is 5.56 Å². The average Bonchev–Trinajstić information content (AvgIpc) is 3.02. The van der Waals surface area contributed by atoms with Crippen LogP contribution >= 0.6 is 0 Å². The summed E-state index contributed by atoms with van der Waals surface area (Å²) < 4.78 is 59.1. The lowest BCUT2D eigenvalue weighted by Crippen LogP contribution is -2.41. The fourth-order valence-electron chi connectivity index (χ4n) is 4.24. The maximum Gasteiger partial charge on any atom is 0.573 e. The number of hydrogen-bond donors (Lipinski definition) is 1. The van der Waals surface area contributed by atoms with Crippen LogP contribution in [0.1, 0.15) is 56.5 Å². The highest BCUT2D eigenvalue weighted by Crippen LogP contribution is 2.36. The fourth-order valence-corrected chi connectivity index (χ4v) is 4.24. The number of hydrogen-bond acceptors (Lipinski definition) is 7. The van der Waals surface area contributed by atoms with Crippen molar-refractivity contribution in [2.75, 3.05) is 13.1 Å². The predicted octanol–water partition coefficient (Wildman–Crippen LogP) is 3.42. The van der Waals surface area contributed by atoms with Crippen molar-refractivity contribution in [2.45, 2.75) is 70.7 Å². The highest BCUT2D eigenvalue weighted by Gasteiger charge is 2.52. The van der Waals surface area contributed by atoms with Gasteiger partial charge in [-0.2, -0.15) is 0 Å². The number of benzene rings is 1. The van der Waals surface area contributed by atoms with Crippen molar-refractivity contribution in [3.63, 3.8) is 0 Å². The van der Waals surface area contributed by atoms with Crippen LogP contribution in [-0.4, -0.2) is 59.7 Å². The van der Waals surface area contributed by atoms with E-state index < -0.39 is 30.6 Å². The van der Waals surface area contributed by atoms with Crippen molar-refractivity contribution in [2.24, 2.45) is 5.73 Å². The number of carbonyl (C=O) groups is 1. The number of halogens is 3. The van der Waals surface area contributed by atoms with Crippen LogP contribution in [0.25, 0.3) is 0 Å². The Morgan fingerprint density at radius 2 is 1.73 bits per heavy atom. The molecular weight excluding hydrogens is 490 g/mol. The zero-order valence-corrected chi connectivity index (χ0v) is 21.3. The van der Waals surface area contributed by atoms with Crippen LogP contribution in [0.3, 0.4) is 0 Å². The molecule has 37 heavy (non-hydrogen) atoms. The van der Waals surface area contributed by atoms with Gasteiger partial charge in [0.05, 0.1) is 11.2 Å². The van der Waals surface area contributed by atoms with Gasteiger partial charge in [-0.25, -0.2) is 4.98 Å². The summed E-state index contributed by atoms with van der Waals surface area (Å²) in [6.45, 7) is 9.78. The van der Waals surface area contributed by atoms with Gasteiger partial charge in [-0.1, -0.05) is 12.1 Å². The summed E-state index contributed by atoms with van der Waals surface area (Å²) in [7, 11) is -0.679. The minimum atomic E-state index is -4.71. The Kier molecular flexibility index (Phi) is 7.46. The summed E-state index contributed by atoms with van der Waals surface area (Å²) in [6.07, 6.45) is -1.92. The number of amides is 1. The zero-order valence-electron chi connectivity index (χ0n) is 21.3. The van der Waals surface area contributed by atoms with Gasteiger partial charge in [0.25, 0.3) is 5.91 Å². The van der Waals surface area contributed by atoms with Gasteiger partial charge in [-0.15, -0.1) is 13.2 Å². The smallest absolute Gasteiger partial charge is 0.474 e. The van der Waals surface area contributed by atoms with E-state index in [-0.39, 0.29) is 23.3 Å². The molecule has 0 saturated carbocycles. The predicted molar refractivity (Wildman–Crippen MR) is 131 cm³/mol. The molecule has 200 valence electrons. The third-order valence-corrected chi connectivity index (χ3v) is 7.04. The number of primary amides is 1. The molecule has 2 aliphatic heterocycles. The van der Waals surface area contributed by atoms with E-state index in [0.29, 0.717) is 37.9 Å². The largest absolute Gasteiger partial charge is 0.573 e. The SMILES string of the molecule is CC1(C)OB(c2cnc(OC3CCN(Cc4ccc(OC(F)(F)F)cc4)CC3)c(C(N)=O)c2)OC1(C)C. The third kappa shape index (κ3) is 6.55. The van der Waals surface area contributed by atoms with E-state index in [9.17, 15) is 18.0 Å². The number of piperidine rings is 1. The average molecular weight is 521 g/mol. The molecule has 0 radical (unpaired) electrons. The van der Waals surface area contributed by atoms with Crippen molar-refractivity contribution in [3.8, 4) is 11.6 Å². The second kappa shape index (κ2) is 10.1. The maximum atomic E-state index is 12.3. The van der Waals surface area contributed by atoms with E-state index in [2.05, 4.69) is 14.6 Å². The summed E-state index contributed by atoms with van der Waals surface area (Å²) in [5.41, 5.74) is 6.18. The third-order valence-electron chi connectivity index (χ3n) is 7.04. The van der Waals surface area contributed by atoms with Crippen LogP contribution < -0.4 is 20.7 Å². The number of nitrogens with two attached hydrogens (primary N) is 1. The lowest BCUT2D eigenvalue weighted by Gasteiger charge is -2.32. The summed E-state index contributed by atoms with van der Waals surface area (Å²) >= 11 is 0. The molecule has 0 spiro atoms. The molecule has 0 unspecified atom stereocenters.